The van der Waals surface area contributed by atoms with Crippen molar-refractivity contribution in [3.05, 3.63) is 53.1 Å². The number of anilines is 1. The van der Waals surface area contributed by atoms with Gasteiger partial charge in [-0.3, -0.25) is 9.59 Å². The number of ether oxygens (including phenoxy) is 3. The fraction of sp³-hybridized carbons (Fsp3) is 0.333. The fourth-order valence-electron chi connectivity index (χ4n) is 2.47. The highest BCUT2D eigenvalue weighted by Gasteiger charge is 2.19. The van der Waals surface area contributed by atoms with E-state index in [4.69, 9.17) is 25.8 Å². The lowest BCUT2D eigenvalue weighted by molar-refractivity contribution is -0.153. The molecule has 0 fully saturated rings. The molecule has 1 N–H and O–H groups in total. The van der Waals surface area contributed by atoms with Crippen molar-refractivity contribution in [2.24, 2.45) is 0 Å². The Morgan fingerprint density at radius 3 is 2.61 bits per heavy atom. The van der Waals surface area contributed by atoms with Crippen LogP contribution in [0.5, 0.6) is 11.5 Å². The van der Waals surface area contributed by atoms with Crippen molar-refractivity contribution in [2.75, 3.05) is 19.0 Å². The predicted octanol–water partition coefficient (Wildman–Crippen LogP) is 4.39. The molecular formula is C21H24ClNO5. The Bertz CT molecular complexity index is 824. The van der Waals surface area contributed by atoms with E-state index in [9.17, 15) is 9.59 Å². The van der Waals surface area contributed by atoms with E-state index in [1.54, 1.807) is 36.4 Å². The molecule has 0 saturated carbocycles. The first kappa shape index (κ1) is 21.6. The highest BCUT2D eigenvalue weighted by Crippen LogP contribution is 2.23. The Labute approximate surface area is 169 Å². The zero-order valence-electron chi connectivity index (χ0n) is 16.2. The molecular weight excluding hydrogens is 382 g/mol. The molecule has 2 aromatic rings. The van der Waals surface area contributed by atoms with Crippen molar-refractivity contribution >= 4 is 29.2 Å². The Kier molecular flexibility index (Phi) is 8.14. The van der Waals surface area contributed by atoms with Gasteiger partial charge in [-0.05, 0) is 56.2 Å². The van der Waals surface area contributed by atoms with Crippen molar-refractivity contribution < 1.29 is 23.8 Å². The zero-order chi connectivity index (χ0) is 20.5. The van der Waals surface area contributed by atoms with Gasteiger partial charge in [0.05, 0.1) is 19.4 Å². The third kappa shape index (κ3) is 6.46. The number of methoxy groups -OCH3 is 1. The summed E-state index contributed by atoms with van der Waals surface area (Å²) < 4.78 is 16.0. The van der Waals surface area contributed by atoms with Crippen molar-refractivity contribution in [1.82, 2.24) is 0 Å². The van der Waals surface area contributed by atoms with Crippen LogP contribution in [0.1, 0.15) is 25.3 Å². The van der Waals surface area contributed by atoms with Crippen LogP contribution in [-0.2, 0) is 14.3 Å². The predicted molar refractivity (Wildman–Crippen MR) is 108 cm³/mol. The van der Waals surface area contributed by atoms with Gasteiger partial charge in [-0.1, -0.05) is 23.7 Å². The molecule has 0 aromatic heterocycles. The molecule has 0 saturated heterocycles. The molecule has 1 amide bonds. The maximum atomic E-state index is 12.2. The lowest BCUT2D eigenvalue weighted by Gasteiger charge is -2.15. The summed E-state index contributed by atoms with van der Waals surface area (Å²) in [6, 6.07) is 12.4. The number of hydrogen-bond donors (Lipinski definition) is 1. The van der Waals surface area contributed by atoms with Crippen molar-refractivity contribution in [2.45, 2.75) is 32.8 Å². The smallest absolute Gasteiger partial charge is 0.306 e. The summed E-state index contributed by atoms with van der Waals surface area (Å²) in [6.07, 6.45) is -0.294. The van der Waals surface area contributed by atoms with Crippen LogP contribution in [0.15, 0.2) is 42.5 Å². The van der Waals surface area contributed by atoms with Gasteiger partial charge in [0.1, 0.15) is 11.5 Å². The molecule has 0 radical (unpaired) electrons. The van der Waals surface area contributed by atoms with Gasteiger partial charge in [0.2, 0.25) is 0 Å². The summed E-state index contributed by atoms with van der Waals surface area (Å²) in [7, 11) is 1.52. The van der Waals surface area contributed by atoms with Gasteiger partial charge in [-0.25, -0.2) is 0 Å². The van der Waals surface area contributed by atoms with E-state index in [1.165, 1.54) is 14.0 Å². The molecule has 0 bridgehead atoms. The number of amides is 1. The number of aryl methyl sites for hydroxylation is 1. The van der Waals surface area contributed by atoms with Crippen LogP contribution in [0.2, 0.25) is 5.02 Å². The molecule has 2 rings (SSSR count). The Morgan fingerprint density at radius 2 is 1.89 bits per heavy atom. The maximum Gasteiger partial charge on any atom is 0.306 e. The molecule has 6 nitrogen and oxygen atoms in total. The second-order valence-electron chi connectivity index (χ2n) is 6.18. The van der Waals surface area contributed by atoms with Gasteiger partial charge in [0.25, 0.3) is 5.91 Å². The summed E-state index contributed by atoms with van der Waals surface area (Å²) in [4.78, 5) is 24.2. The van der Waals surface area contributed by atoms with Gasteiger partial charge in [0.15, 0.2) is 6.10 Å². The zero-order valence-corrected chi connectivity index (χ0v) is 16.9. The van der Waals surface area contributed by atoms with Crippen molar-refractivity contribution in [3.63, 3.8) is 0 Å². The van der Waals surface area contributed by atoms with Gasteiger partial charge in [0, 0.05) is 11.4 Å². The van der Waals surface area contributed by atoms with Crippen LogP contribution in [-0.4, -0.2) is 31.7 Å². The van der Waals surface area contributed by atoms with E-state index < -0.39 is 18.0 Å². The van der Waals surface area contributed by atoms with E-state index >= 15 is 0 Å². The Balaban J connectivity index is 1.73. The monoisotopic (exact) mass is 405 g/mol. The standard InChI is InChI=1S/C21H24ClNO5/c1-14-13-16(22)10-11-18(14)27-12-6-9-20(24)28-15(2)21(25)23-17-7-4-5-8-19(17)26-3/h4-5,7-8,10-11,13,15H,6,9,12H2,1-3H3,(H,23,25). The first-order chi connectivity index (χ1) is 13.4. The molecule has 0 aliphatic rings. The van der Waals surface area contributed by atoms with Gasteiger partial charge >= 0.3 is 5.97 Å². The largest absolute Gasteiger partial charge is 0.495 e. The second-order valence-corrected chi connectivity index (χ2v) is 6.62. The number of carbonyl (C=O) groups excluding carboxylic acids is 2. The van der Waals surface area contributed by atoms with Crippen molar-refractivity contribution in [1.29, 1.82) is 0 Å². The summed E-state index contributed by atoms with van der Waals surface area (Å²) >= 11 is 5.91. The molecule has 0 aliphatic carbocycles. The highest BCUT2D eigenvalue weighted by molar-refractivity contribution is 6.30. The van der Waals surface area contributed by atoms with E-state index in [-0.39, 0.29) is 6.42 Å². The minimum absolute atomic E-state index is 0.152. The molecule has 1 atom stereocenters. The van der Waals surface area contributed by atoms with E-state index in [1.807, 2.05) is 13.0 Å². The molecule has 0 heterocycles. The van der Waals surface area contributed by atoms with Crippen molar-refractivity contribution in [3.8, 4) is 11.5 Å². The van der Waals surface area contributed by atoms with Gasteiger partial charge in [-0.15, -0.1) is 0 Å². The SMILES string of the molecule is COc1ccccc1NC(=O)C(C)OC(=O)CCCOc1ccc(Cl)cc1C. The van der Waals surface area contributed by atoms with Gasteiger partial charge in [-0.2, -0.15) is 0 Å². The fourth-order valence-corrected chi connectivity index (χ4v) is 2.69. The number of nitrogens with one attached hydrogen (secondary N) is 1. The Morgan fingerprint density at radius 1 is 1.14 bits per heavy atom. The summed E-state index contributed by atoms with van der Waals surface area (Å²) in [5, 5.41) is 3.34. The minimum atomic E-state index is -0.920. The number of hydrogen-bond acceptors (Lipinski definition) is 5. The average molecular weight is 406 g/mol. The molecule has 2 aromatic carbocycles. The third-order valence-corrected chi connectivity index (χ3v) is 4.20. The van der Waals surface area contributed by atoms with Crippen LogP contribution in [0.3, 0.4) is 0 Å². The molecule has 7 heteroatoms. The van der Waals surface area contributed by atoms with Crippen LogP contribution >= 0.6 is 11.6 Å². The molecule has 150 valence electrons. The van der Waals surface area contributed by atoms with Crippen LogP contribution < -0.4 is 14.8 Å². The number of carbonyl (C=O) groups is 2. The molecule has 0 aliphatic heterocycles. The van der Waals surface area contributed by atoms with Crippen LogP contribution in [0.25, 0.3) is 0 Å². The third-order valence-electron chi connectivity index (χ3n) is 3.96. The van der Waals surface area contributed by atoms with E-state index in [2.05, 4.69) is 5.32 Å². The van der Waals surface area contributed by atoms with E-state index in [0.717, 1.165) is 11.3 Å². The van der Waals surface area contributed by atoms with Gasteiger partial charge < -0.3 is 19.5 Å². The number of benzene rings is 2. The molecule has 0 spiro atoms. The first-order valence-electron chi connectivity index (χ1n) is 8.93. The van der Waals surface area contributed by atoms with Crippen LogP contribution in [0.4, 0.5) is 5.69 Å². The van der Waals surface area contributed by atoms with E-state index in [0.29, 0.717) is 29.5 Å². The molecule has 28 heavy (non-hydrogen) atoms. The number of rotatable bonds is 9. The lowest BCUT2D eigenvalue weighted by atomic mass is 10.2. The number of esters is 1. The summed E-state index contributed by atoms with van der Waals surface area (Å²) in [6.45, 7) is 3.78. The van der Waals surface area contributed by atoms with Crippen LogP contribution in [0, 0.1) is 6.92 Å². The molecule has 1 unspecified atom stereocenters. The Hall–Kier alpha value is -2.73. The quantitative estimate of drug-likeness (QED) is 0.494. The lowest BCUT2D eigenvalue weighted by Crippen LogP contribution is -2.30. The first-order valence-corrected chi connectivity index (χ1v) is 9.31. The number of para-hydroxylation sites is 2. The average Bonchev–Trinajstić information content (AvgIpc) is 2.67. The minimum Gasteiger partial charge on any atom is -0.495 e. The number of halogens is 1. The second kappa shape index (κ2) is 10.6. The normalized spacial score (nSPS) is 11.4. The maximum absolute atomic E-state index is 12.2. The highest BCUT2D eigenvalue weighted by atomic mass is 35.5. The summed E-state index contributed by atoms with van der Waals surface area (Å²) in [5.74, 6) is 0.372. The topological polar surface area (TPSA) is 73.9 Å². The summed E-state index contributed by atoms with van der Waals surface area (Å²) in [5.41, 5.74) is 1.45.